The Kier molecular flexibility index (Phi) is 5.99. The van der Waals surface area contributed by atoms with Crippen molar-refractivity contribution in [1.82, 2.24) is 10.9 Å². The number of benzene rings is 4. The van der Waals surface area contributed by atoms with Gasteiger partial charge in [-0.05, 0) is 95.2 Å². The molecule has 4 aromatic rings. The van der Waals surface area contributed by atoms with Crippen LogP contribution < -0.4 is 10.9 Å². The first-order valence-electron chi connectivity index (χ1n) is 14.2. The van der Waals surface area contributed by atoms with E-state index in [4.69, 9.17) is 0 Å². The van der Waals surface area contributed by atoms with Crippen molar-refractivity contribution in [3.8, 4) is 0 Å². The molecule has 4 aromatic carbocycles. The highest BCUT2D eigenvalue weighted by molar-refractivity contribution is 5.93. The number of fused-ring (bicyclic) bond motifs is 2. The lowest BCUT2D eigenvalue weighted by Crippen LogP contribution is -2.60. The summed E-state index contributed by atoms with van der Waals surface area (Å²) in [6, 6.07) is 28.6. The first-order chi connectivity index (χ1) is 19.5. The van der Waals surface area contributed by atoms with E-state index < -0.39 is 10.8 Å². The summed E-state index contributed by atoms with van der Waals surface area (Å²) in [5, 5.41) is 13.3. The second-order valence-electron chi connectivity index (χ2n) is 12.1. The lowest BCUT2D eigenvalue weighted by atomic mass is 9.43. The molecule has 0 spiro atoms. The first kappa shape index (κ1) is 24.7. The number of nitrogens with zero attached hydrogens (tertiary/aromatic N) is 2. The Morgan fingerprint density at radius 1 is 0.625 bits per heavy atom. The molecule has 8 rings (SSSR count). The van der Waals surface area contributed by atoms with E-state index in [2.05, 4.69) is 69.6 Å². The molecule has 0 aromatic heterocycles. The van der Waals surface area contributed by atoms with Crippen LogP contribution in [0.3, 0.4) is 0 Å². The van der Waals surface area contributed by atoms with Crippen molar-refractivity contribution >= 4 is 45.8 Å². The van der Waals surface area contributed by atoms with Crippen LogP contribution in [0.15, 0.2) is 95.1 Å². The molecule has 4 aliphatic carbocycles. The van der Waals surface area contributed by atoms with Crippen LogP contribution >= 0.6 is 0 Å². The van der Waals surface area contributed by atoms with E-state index in [-0.39, 0.29) is 11.8 Å². The minimum atomic E-state index is -0.551. The molecule has 6 heteroatoms. The Labute approximate surface area is 233 Å². The van der Waals surface area contributed by atoms with E-state index >= 15 is 0 Å². The van der Waals surface area contributed by atoms with Crippen LogP contribution in [0.25, 0.3) is 21.5 Å². The van der Waals surface area contributed by atoms with Crippen molar-refractivity contribution in [2.45, 2.75) is 38.5 Å². The maximum atomic E-state index is 13.6. The fraction of sp³-hybridized carbons (Fsp3) is 0.294. The van der Waals surface area contributed by atoms with Crippen molar-refractivity contribution in [1.29, 1.82) is 0 Å². The minimum absolute atomic E-state index is 0.0597. The number of hydrazone groups is 2. The Bertz CT molecular complexity index is 1550. The summed E-state index contributed by atoms with van der Waals surface area (Å²) in [6.45, 7) is 0. The average molecular weight is 529 g/mol. The van der Waals surface area contributed by atoms with Crippen LogP contribution in [0.2, 0.25) is 0 Å². The van der Waals surface area contributed by atoms with Crippen molar-refractivity contribution in [2.24, 2.45) is 32.9 Å². The van der Waals surface area contributed by atoms with E-state index in [0.717, 1.165) is 54.0 Å². The summed E-state index contributed by atoms with van der Waals surface area (Å²) < 4.78 is 0. The fourth-order valence-electron chi connectivity index (χ4n) is 7.94. The Balaban J connectivity index is 1.04. The van der Waals surface area contributed by atoms with E-state index in [1.807, 2.05) is 36.4 Å². The molecular weight excluding hydrogens is 496 g/mol. The highest BCUT2D eigenvalue weighted by Crippen LogP contribution is 2.65. The molecule has 2 amide bonds. The van der Waals surface area contributed by atoms with Gasteiger partial charge < -0.3 is 0 Å². The summed E-state index contributed by atoms with van der Waals surface area (Å²) in [5.41, 5.74) is 6.45. The van der Waals surface area contributed by atoms with Gasteiger partial charge in [0.15, 0.2) is 0 Å². The molecule has 0 heterocycles. The Morgan fingerprint density at radius 2 is 1.05 bits per heavy atom. The molecule has 0 saturated heterocycles. The summed E-state index contributed by atoms with van der Waals surface area (Å²) in [6.07, 6.45) is 8.38. The van der Waals surface area contributed by atoms with Crippen molar-refractivity contribution in [3.05, 3.63) is 96.1 Å². The predicted octanol–water partition coefficient (Wildman–Crippen LogP) is 6.18. The van der Waals surface area contributed by atoms with Gasteiger partial charge in [0, 0.05) is 0 Å². The number of carbonyl (C=O) groups is 2. The molecule has 2 atom stereocenters. The van der Waals surface area contributed by atoms with Crippen LogP contribution in [0.1, 0.15) is 49.7 Å². The van der Waals surface area contributed by atoms with Crippen LogP contribution in [0.5, 0.6) is 0 Å². The number of hydrogen-bond acceptors (Lipinski definition) is 4. The molecule has 4 aliphatic rings. The summed E-state index contributed by atoms with van der Waals surface area (Å²) in [7, 11) is 0. The van der Waals surface area contributed by atoms with Crippen molar-refractivity contribution < 1.29 is 9.59 Å². The van der Waals surface area contributed by atoms with Gasteiger partial charge in [0.25, 0.3) is 0 Å². The van der Waals surface area contributed by atoms with Crippen molar-refractivity contribution in [2.75, 3.05) is 0 Å². The molecule has 40 heavy (non-hydrogen) atoms. The van der Waals surface area contributed by atoms with Crippen LogP contribution in [-0.2, 0) is 9.59 Å². The van der Waals surface area contributed by atoms with Crippen LogP contribution in [0.4, 0.5) is 0 Å². The summed E-state index contributed by atoms with van der Waals surface area (Å²) in [5.74, 6) is 0.643. The zero-order valence-corrected chi connectivity index (χ0v) is 22.3. The third-order valence-electron chi connectivity index (χ3n) is 9.33. The number of nitrogens with one attached hydrogen (secondary N) is 2. The van der Waals surface area contributed by atoms with E-state index in [1.165, 1.54) is 10.8 Å². The highest BCUT2D eigenvalue weighted by atomic mass is 16.2. The first-order valence-corrected chi connectivity index (χ1v) is 14.2. The number of amides is 2. The average Bonchev–Trinajstić information content (AvgIpc) is 2.96. The van der Waals surface area contributed by atoms with Gasteiger partial charge >= 0.3 is 0 Å². The van der Waals surface area contributed by atoms with Gasteiger partial charge in [0.05, 0.1) is 23.3 Å². The SMILES string of the molecule is O=C(N/N=C\c1ccc2ccccc2c1)C12CC3CC(C1)CC(C(=O)N/N=C/c1ccc4ccccc4c1)(C3)C2. The molecular formula is C34H32N4O2. The third kappa shape index (κ3) is 4.47. The van der Waals surface area contributed by atoms with Gasteiger partial charge in [-0.1, -0.05) is 72.8 Å². The zero-order chi connectivity index (χ0) is 27.2. The monoisotopic (exact) mass is 528 g/mol. The van der Waals surface area contributed by atoms with E-state index in [9.17, 15) is 9.59 Å². The second kappa shape index (κ2) is 9.70. The third-order valence-corrected chi connectivity index (χ3v) is 9.33. The van der Waals surface area contributed by atoms with Crippen LogP contribution in [0, 0.1) is 22.7 Å². The molecule has 6 nitrogen and oxygen atoms in total. The molecule has 200 valence electrons. The fourth-order valence-corrected chi connectivity index (χ4v) is 7.94. The molecule has 2 unspecified atom stereocenters. The van der Waals surface area contributed by atoms with Gasteiger partial charge in [-0.15, -0.1) is 0 Å². The number of hydrogen-bond donors (Lipinski definition) is 2. The summed E-state index contributed by atoms with van der Waals surface area (Å²) >= 11 is 0. The highest BCUT2D eigenvalue weighted by Gasteiger charge is 2.63. The molecule has 4 fully saturated rings. The Hall–Kier alpha value is -4.32. The number of rotatable bonds is 6. The quantitative estimate of drug-likeness (QED) is 0.231. The predicted molar refractivity (Wildman–Crippen MR) is 159 cm³/mol. The maximum absolute atomic E-state index is 13.6. The second-order valence-corrected chi connectivity index (χ2v) is 12.1. The number of carbonyl (C=O) groups excluding carboxylic acids is 2. The standard InChI is InChI=1S/C34H32N4O2/c39-31(37-35-20-23-9-11-27-5-1-3-7-29(27)14-23)33-16-25-13-26(17-33)19-34(18-25,22-33)32(40)38-36-21-24-10-12-28-6-2-4-8-30(28)15-24/h1-12,14-15,20-21,25-26H,13,16-19,22H2,(H,37,39)(H,38,40)/b35-20-,36-21+. The normalized spacial score (nSPS) is 27.1. The maximum Gasteiger partial charge on any atom is 0.246 e. The topological polar surface area (TPSA) is 82.9 Å². The molecule has 2 N–H and O–H groups in total. The minimum Gasteiger partial charge on any atom is -0.273 e. The lowest BCUT2D eigenvalue weighted by Gasteiger charge is -2.60. The van der Waals surface area contributed by atoms with Gasteiger partial charge in [-0.2, -0.15) is 10.2 Å². The van der Waals surface area contributed by atoms with E-state index in [1.54, 1.807) is 12.4 Å². The van der Waals surface area contributed by atoms with Gasteiger partial charge in [-0.25, -0.2) is 10.9 Å². The van der Waals surface area contributed by atoms with E-state index in [0.29, 0.717) is 18.3 Å². The summed E-state index contributed by atoms with van der Waals surface area (Å²) in [4.78, 5) is 27.2. The smallest absolute Gasteiger partial charge is 0.246 e. The van der Waals surface area contributed by atoms with Crippen molar-refractivity contribution in [3.63, 3.8) is 0 Å². The Morgan fingerprint density at radius 3 is 1.50 bits per heavy atom. The molecule has 0 aliphatic heterocycles. The lowest BCUT2D eigenvalue weighted by molar-refractivity contribution is -0.167. The molecule has 4 bridgehead atoms. The zero-order valence-electron chi connectivity index (χ0n) is 22.3. The van der Waals surface area contributed by atoms with Gasteiger partial charge in [0.1, 0.15) is 0 Å². The van der Waals surface area contributed by atoms with Crippen LogP contribution in [-0.4, -0.2) is 24.2 Å². The molecule has 0 radical (unpaired) electrons. The largest absolute Gasteiger partial charge is 0.273 e. The molecule has 4 saturated carbocycles. The van der Waals surface area contributed by atoms with Gasteiger partial charge in [-0.3, -0.25) is 9.59 Å². The van der Waals surface area contributed by atoms with Gasteiger partial charge in [0.2, 0.25) is 11.8 Å².